The van der Waals surface area contributed by atoms with Crippen LogP contribution in [0.15, 0.2) is 0 Å². The van der Waals surface area contributed by atoms with Gasteiger partial charge in [0.15, 0.2) is 0 Å². The summed E-state index contributed by atoms with van der Waals surface area (Å²) in [5.74, 6) is 0. The molecular formula is C6H16O3Si. The molecule has 0 radical (unpaired) electrons. The predicted octanol–water partition coefficient (Wildman–Crippen LogP) is 1.27. The average molecular weight is 164 g/mol. The van der Waals surface area contributed by atoms with E-state index in [2.05, 4.69) is 0 Å². The molecule has 0 saturated heterocycles. The lowest BCUT2D eigenvalue weighted by atomic mass is 10.9. The van der Waals surface area contributed by atoms with E-state index in [1.54, 1.807) is 14.2 Å². The minimum absolute atomic E-state index is 0.655. The zero-order valence-corrected chi connectivity index (χ0v) is 8.14. The summed E-state index contributed by atoms with van der Waals surface area (Å²) in [6.07, 6.45) is 0. The second kappa shape index (κ2) is 4.84. The summed E-state index contributed by atoms with van der Waals surface area (Å²) in [7, 11) is 1.05. The van der Waals surface area contributed by atoms with E-state index < -0.39 is 8.80 Å². The van der Waals surface area contributed by atoms with Crippen molar-refractivity contribution >= 4 is 8.80 Å². The van der Waals surface area contributed by atoms with E-state index in [0.29, 0.717) is 6.61 Å². The van der Waals surface area contributed by atoms with Gasteiger partial charge in [0.25, 0.3) is 0 Å². The van der Waals surface area contributed by atoms with Crippen molar-refractivity contribution in [2.24, 2.45) is 0 Å². The molecule has 0 aliphatic carbocycles. The molecule has 0 aliphatic heterocycles. The number of rotatable bonds is 5. The highest BCUT2D eigenvalue weighted by Crippen LogP contribution is 2.11. The van der Waals surface area contributed by atoms with Crippen molar-refractivity contribution < 1.29 is 13.3 Å². The van der Waals surface area contributed by atoms with Crippen LogP contribution in [-0.2, 0) is 13.3 Å². The molecular weight excluding hydrogens is 148 g/mol. The minimum atomic E-state index is -2.22. The third-order valence-electron chi connectivity index (χ3n) is 1.42. The van der Waals surface area contributed by atoms with Gasteiger partial charge in [-0.2, -0.15) is 0 Å². The van der Waals surface area contributed by atoms with Crippen molar-refractivity contribution in [2.45, 2.75) is 19.9 Å². The van der Waals surface area contributed by atoms with E-state index in [4.69, 9.17) is 13.3 Å². The lowest BCUT2D eigenvalue weighted by molar-refractivity contribution is 0.105. The molecule has 0 unspecified atom stereocenters. The summed E-state index contributed by atoms with van der Waals surface area (Å²) in [5, 5.41) is 0. The molecule has 62 valence electrons. The van der Waals surface area contributed by atoms with Crippen LogP contribution in [0.25, 0.3) is 0 Å². The Morgan fingerprint density at radius 3 is 1.70 bits per heavy atom. The normalized spacial score (nSPS) is 12.0. The van der Waals surface area contributed by atoms with Crippen molar-refractivity contribution in [2.75, 3.05) is 20.8 Å². The van der Waals surface area contributed by atoms with Crippen molar-refractivity contribution in [3.8, 4) is 0 Å². The first kappa shape index (κ1) is 10.1. The summed E-state index contributed by atoms with van der Waals surface area (Å²) >= 11 is 0. The van der Waals surface area contributed by atoms with Gasteiger partial charge in [0.2, 0.25) is 0 Å². The topological polar surface area (TPSA) is 27.7 Å². The Labute approximate surface area is 63.7 Å². The highest BCUT2D eigenvalue weighted by Gasteiger charge is 2.35. The van der Waals surface area contributed by atoms with Crippen LogP contribution in [0.3, 0.4) is 0 Å². The molecule has 0 atom stereocenters. The fraction of sp³-hybridized carbons (Fsp3) is 1.00. The van der Waals surface area contributed by atoms with Gasteiger partial charge in [-0.3, -0.25) is 0 Å². The predicted molar refractivity (Wildman–Crippen MR) is 41.9 cm³/mol. The summed E-state index contributed by atoms with van der Waals surface area (Å²) in [4.78, 5) is 0. The largest absolute Gasteiger partial charge is 0.500 e. The van der Waals surface area contributed by atoms with Crippen LogP contribution in [0.1, 0.15) is 13.8 Å². The summed E-state index contributed by atoms with van der Waals surface area (Å²) in [6, 6.07) is 0.827. The van der Waals surface area contributed by atoms with Crippen LogP contribution in [0.2, 0.25) is 6.04 Å². The van der Waals surface area contributed by atoms with Gasteiger partial charge in [0, 0.05) is 26.9 Å². The minimum Gasteiger partial charge on any atom is -0.377 e. The van der Waals surface area contributed by atoms with Gasteiger partial charge in [0.05, 0.1) is 0 Å². The highest BCUT2D eigenvalue weighted by molar-refractivity contribution is 6.60. The maximum Gasteiger partial charge on any atom is 0.500 e. The number of hydrogen-bond donors (Lipinski definition) is 0. The molecule has 0 aromatic heterocycles. The van der Waals surface area contributed by atoms with E-state index in [1.807, 2.05) is 13.8 Å². The van der Waals surface area contributed by atoms with E-state index in [-0.39, 0.29) is 0 Å². The SMILES string of the molecule is CCO[Si](CC)(OC)OC. The van der Waals surface area contributed by atoms with Crippen LogP contribution < -0.4 is 0 Å². The number of hydrogen-bond acceptors (Lipinski definition) is 3. The van der Waals surface area contributed by atoms with E-state index in [0.717, 1.165) is 6.04 Å². The zero-order chi connectivity index (χ0) is 8.04. The molecule has 3 nitrogen and oxygen atoms in total. The van der Waals surface area contributed by atoms with Gasteiger partial charge < -0.3 is 13.3 Å². The fourth-order valence-corrected chi connectivity index (χ4v) is 2.44. The van der Waals surface area contributed by atoms with Gasteiger partial charge in [-0.25, -0.2) is 0 Å². The zero-order valence-electron chi connectivity index (χ0n) is 7.14. The van der Waals surface area contributed by atoms with Crippen LogP contribution in [-0.4, -0.2) is 29.6 Å². The molecule has 0 saturated carbocycles. The quantitative estimate of drug-likeness (QED) is 0.573. The molecule has 0 spiro atoms. The second-order valence-corrected chi connectivity index (χ2v) is 5.06. The fourth-order valence-electron chi connectivity index (χ4n) is 0.812. The molecule has 0 N–H and O–H groups in total. The monoisotopic (exact) mass is 164 g/mol. The Balaban J connectivity index is 3.87. The molecule has 0 fully saturated rings. The molecule has 10 heavy (non-hydrogen) atoms. The lowest BCUT2D eigenvalue weighted by Gasteiger charge is -2.23. The highest BCUT2D eigenvalue weighted by atomic mass is 28.4. The van der Waals surface area contributed by atoms with Gasteiger partial charge in [-0.1, -0.05) is 6.92 Å². The molecule has 0 amide bonds. The molecule has 0 aliphatic rings. The molecule has 0 rings (SSSR count). The molecule has 0 aromatic carbocycles. The summed E-state index contributed by atoms with van der Waals surface area (Å²) < 4.78 is 15.7. The Morgan fingerprint density at radius 1 is 1.10 bits per heavy atom. The van der Waals surface area contributed by atoms with Crippen LogP contribution >= 0.6 is 0 Å². The van der Waals surface area contributed by atoms with Crippen molar-refractivity contribution in [3.05, 3.63) is 0 Å². The van der Waals surface area contributed by atoms with Crippen molar-refractivity contribution in [1.29, 1.82) is 0 Å². The Morgan fingerprint density at radius 2 is 1.60 bits per heavy atom. The van der Waals surface area contributed by atoms with E-state index >= 15 is 0 Å². The van der Waals surface area contributed by atoms with Gasteiger partial charge in [0.1, 0.15) is 0 Å². The molecule has 0 aromatic rings. The first-order valence-corrected chi connectivity index (χ1v) is 5.42. The first-order chi connectivity index (χ1) is 4.74. The second-order valence-electron chi connectivity index (χ2n) is 1.88. The lowest BCUT2D eigenvalue weighted by Crippen LogP contribution is -2.42. The van der Waals surface area contributed by atoms with Crippen molar-refractivity contribution in [1.82, 2.24) is 0 Å². The average Bonchev–Trinajstić information content (AvgIpc) is 2.01. The smallest absolute Gasteiger partial charge is 0.377 e. The van der Waals surface area contributed by atoms with Gasteiger partial charge in [-0.05, 0) is 6.92 Å². The van der Waals surface area contributed by atoms with Gasteiger partial charge >= 0.3 is 8.80 Å². The summed E-state index contributed by atoms with van der Waals surface area (Å²) in [5.41, 5.74) is 0. The van der Waals surface area contributed by atoms with Crippen molar-refractivity contribution in [3.63, 3.8) is 0 Å². The molecule has 0 bridgehead atoms. The summed E-state index contributed by atoms with van der Waals surface area (Å²) in [6.45, 7) is 4.60. The van der Waals surface area contributed by atoms with E-state index in [9.17, 15) is 0 Å². The Bertz CT molecular complexity index is 74.8. The maximum atomic E-state index is 5.37. The van der Waals surface area contributed by atoms with E-state index in [1.165, 1.54) is 0 Å². The van der Waals surface area contributed by atoms with Crippen LogP contribution in [0.4, 0.5) is 0 Å². The standard InChI is InChI=1S/C6H16O3Si/c1-5-9-10(6-2,7-3)8-4/h5-6H2,1-4H3. The third-order valence-corrected chi connectivity index (χ3v) is 4.26. The van der Waals surface area contributed by atoms with Crippen LogP contribution in [0, 0.1) is 0 Å². The Hall–Kier alpha value is 0.0969. The third kappa shape index (κ3) is 2.38. The van der Waals surface area contributed by atoms with Crippen LogP contribution in [0.5, 0.6) is 0 Å². The Kier molecular flexibility index (Phi) is 4.89. The maximum absolute atomic E-state index is 5.37. The first-order valence-electron chi connectivity index (χ1n) is 3.49. The molecule has 0 heterocycles. The molecule has 4 heteroatoms. The van der Waals surface area contributed by atoms with Gasteiger partial charge in [-0.15, -0.1) is 0 Å².